The van der Waals surface area contributed by atoms with Crippen molar-refractivity contribution in [3.05, 3.63) is 259 Å². The monoisotopic (exact) mass is 2220 g/mol. The Morgan fingerprint density at radius 1 is 0.376 bits per heavy atom. The van der Waals surface area contributed by atoms with Crippen LogP contribution in [0.15, 0.2) is 199 Å². The van der Waals surface area contributed by atoms with Crippen LogP contribution in [0.5, 0.6) is 0 Å². The second kappa shape index (κ2) is 47.2. The van der Waals surface area contributed by atoms with Gasteiger partial charge in [0.05, 0.1) is 119 Å². The third kappa shape index (κ3) is 25.8. The number of aromatic nitrogens is 13. The number of fused-ring (bicyclic) bond motifs is 5. The van der Waals surface area contributed by atoms with Crippen LogP contribution in [0.3, 0.4) is 0 Å². The Balaban J connectivity index is 0.000000127. The molecule has 0 radical (unpaired) electrons. The van der Waals surface area contributed by atoms with Crippen molar-refractivity contribution in [3.63, 3.8) is 0 Å². The van der Waals surface area contributed by atoms with E-state index >= 15 is 0 Å². The molecule has 1 saturated carbocycles. The molecule has 45 heteroatoms. The van der Waals surface area contributed by atoms with E-state index in [9.17, 15) is 44.4 Å². The van der Waals surface area contributed by atoms with Crippen molar-refractivity contribution in [2.24, 2.45) is 0 Å². The van der Waals surface area contributed by atoms with Gasteiger partial charge in [-0.15, -0.1) is 0 Å². The first-order valence-electron chi connectivity index (χ1n) is 49.0. The van der Waals surface area contributed by atoms with E-state index < -0.39 is 29.9 Å². The molecule has 21 rings (SSSR count). The maximum absolute atomic E-state index is 12.7. The first kappa shape index (κ1) is 109. The van der Waals surface area contributed by atoms with Gasteiger partial charge >= 0.3 is 0 Å². The predicted octanol–water partition coefficient (Wildman–Crippen LogP) is 15.1. The third-order valence-corrected chi connectivity index (χ3v) is 34.1. The van der Waals surface area contributed by atoms with Gasteiger partial charge in [-0.3, -0.25) is 71.2 Å². The van der Waals surface area contributed by atoms with E-state index in [4.69, 9.17) is 106 Å². The van der Waals surface area contributed by atoms with Crippen LogP contribution >= 0.6 is 81.2 Å². The number of amides is 4. The molecule has 4 amide bonds. The molecule has 0 spiro atoms. The molecule has 5 saturated heterocycles. The van der Waals surface area contributed by atoms with Crippen molar-refractivity contribution >= 4 is 169 Å². The van der Waals surface area contributed by atoms with Crippen molar-refractivity contribution in [1.29, 1.82) is 0 Å². The van der Waals surface area contributed by atoms with Crippen molar-refractivity contribution in [2.45, 2.75) is 95.9 Å². The number of pyridine rings is 2. The minimum absolute atomic E-state index is 0.0413. The molecular weight excluding hydrogens is 2100 g/mol. The van der Waals surface area contributed by atoms with Gasteiger partial charge in [0.1, 0.15) is 11.3 Å². The summed E-state index contributed by atoms with van der Waals surface area (Å²) in [4.78, 5) is 103. The molecule has 5 aliphatic heterocycles. The fraction of sp³-hybridized carbons (Fsp3) is 0.365. The van der Waals surface area contributed by atoms with Gasteiger partial charge < -0.3 is 33.7 Å². The molecule has 6 fully saturated rings. The lowest BCUT2D eigenvalue weighted by molar-refractivity contribution is -0.131. The number of carbonyl (C=O) groups excluding carboxylic acids is 4. The molecule has 15 aromatic rings. The number of nitrogens with one attached hydrogen (secondary N) is 1. The highest BCUT2D eigenvalue weighted by Crippen LogP contribution is 2.42. The van der Waals surface area contributed by atoms with E-state index in [1.54, 1.807) is 114 Å². The summed E-state index contributed by atoms with van der Waals surface area (Å²) < 4.78 is 86.7. The average Bonchev–Trinajstić information content (AvgIpc) is 1.71. The molecule has 35 nitrogen and oxygen atoms in total. The Kier molecular flexibility index (Phi) is 34.5. The van der Waals surface area contributed by atoms with Gasteiger partial charge in [-0.05, 0) is 110 Å². The predicted molar refractivity (Wildman–Crippen MR) is 584 cm³/mol. The molecule has 15 heterocycles. The second-order valence-electron chi connectivity index (χ2n) is 37.7. The molecule has 0 unspecified atom stereocenters. The highest BCUT2D eigenvalue weighted by atomic mass is 35.5. The number of hydrogen-bond acceptors (Lipinski definition) is 24. The summed E-state index contributed by atoms with van der Waals surface area (Å²) in [6, 6.07) is 40.3. The summed E-state index contributed by atoms with van der Waals surface area (Å²) in [5, 5.41) is 7.61. The number of nitrogens with zero attached hydrogens (tertiary/aromatic N) is 24. The van der Waals surface area contributed by atoms with Crippen LogP contribution in [0, 0.1) is 0 Å². The summed E-state index contributed by atoms with van der Waals surface area (Å²) in [6.45, 7) is 27.1. The molecular formula is C104H116Cl7N25O10S3. The van der Waals surface area contributed by atoms with Gasteiger partial charge in [-0.1, -0.05) is 125 Å². The van der Waals surface area contributed by atoms with E-state index in [2.05, 4.69) is 67.5 Å². The SMILES string of the molecule is CC(=O)N1CCN(Cc2c(-c3ccc(Cl)cc3)nc3ccc(S(=O)(=O)N(C)C)cn23)CC1.CC(=O)N1CCN(Cc2c(-c3ccc(Cl)cc3Cl)nc3cnc(N(C)S(C)(=O)=O)cn23)CC1.CC(=O)N1CCN(Cc2c(-c3ccc(Cl)cc3Cl)nc3cnccn23)CC1.CCS(=O)(=O)c1ccc2nc(-c3ccc(Cl)cc3)c(CN3CCN(C(C)=O)CC3)n2c1.Clc1ccc(-c2nc3cnc(C4CC4)cn3c2CN2CCNCC2)cc1. The van der Waals surface area contributed by atoms with Crippen LogP contribution in [-0.2, 0) is 81.8 Å². The normalized spacial score (nSPS) is 16.0. The Bertz CT molecular complexity index is 7810. The van der Waals surface area contributed by atoms with Gasteiger partial charge in [0.15, 0.2) is 32.6 Å². The number of hydrogen-bond donors (Lipinski definition) is 1. The fourth-order valence-electron chi connectivity index (χ4n) is 18.6. The minimum atomic E-state index is -3.59. The van der Waals surface area contributed by atoms with E-state index in [-0.39, 0.29) is 45.0 Å². The van der Waals surface area contributed by atoms with E-state index in [0.717, 1.165) is 185 Å². The van der Waals surface area contributed by atoms with E-state index in [1.165, 1.54) is 49.7 Å². The molecule has 5 aromatic carbocycles. The third-order valence-electron chi connectivity index (χ3n) is 27.5. The van der Waals surface area contributed by atoms with Gasteiger partial charge in [-0.2, -0.15) is 0 Å². The summed E-state index contributed by atoms with van der Waals surface area (Å²) in [5.74, 6) is 1.32. The van der Waals surface area contributed by atoms with Gasteiger partial charge in [0.2, 0.25) is 43.7 Å². The molecule has 0 atom stereocenters. The highest BCUT2D eigenvalue weighted by Gasteiger charge is 2.33. The summed E-state index contributed by atoms with van der Waals surface area (Å²) >= 11 is 43.3. The van der Waals surface area contributed by atoms with Crippen molar-refractivity contribution < 1.29 is 44.4 Å². The van der Waals surface area contributed by atoms with Crippen LogP contribution in [0.1, 0.15) is 87.5 Å². The molecule has 0 bridgehead atoms. The number of imidazole rings is 5. The van der Waals surface area contributed by atoms with Crippen LogP contribution in [0.2, 0.25) is 35.2 Å². The maximum atomic E-state index is 12.7. The molecule has 1 aliphatic carbocycles. The zero-order valence-electron chi connectivity index (χ0n) is 84.0. The summed E-state index contributed by atoms with van der Waals surface area (Å²) in [5.41, 5.74) is 18.4. The van der Waals surface area contributed by atoms with Crippen LogP contribution in [-0.4, -0.2) is 323 Å². The zero-order valence-corrected chi connectivity index (χ0v) is 91.7. The second-order valence-corrected chi connectivity index (χ2v) is 47.1. The largest absolute Gasteiger partial charge is 0.340 e. The standard InChI is InChI=1S/C22H26ClN5O3S.C22H25ClN4O3S.C21H24Cl2N6O3S.C20H22ClN5.C19H19Cl2N5O/c1-16(29)27-12-10-26(11-13-27)15-20-22(17-4-6-18(23)7-5-17)24-21-9-8-19(14-28(20)21)32(30,31)25(2)3;1-3-31(29,30)19-8-9-21-24-22(17-4-6-18(23)7-5-17)20(27(21)14-19)15-25-10-12-26(13-11-25)16(2)28;1-14(30)28-8-6-27(7-9-28)12-18-21(16-5-4-15(22)10-17(16)23)25-19-11-24-20(13-29(18)19)26(2)33(3,31)32;21-16-5-3-15(4-6-16)20-18(13-25-9-7-22-8-10-25)26-12-17(14-1-2-14)23-11-19(26)24-20;1-13(27)25-8-6-24(7-9-25)12-17-19(15-3-2-14(20)10-16(15)21)23-18-11-22-4-5-26(17)18/h4-9,14H,10-13,15H2,1-3H3;4-9,14H,3,10-13,15H2,1-2H3;4-5,10-11,13H,6-9,12H2,1-3H3;3-6,11-12,14,22H,1-2,7-10,13H2;2-5,10-11H,6-9,12H2,1H3. The fourth-order valence-corrected chi connectivity index (χ4v) is 22.2. The van der Waals surface area contributed by atoms with Gasteiger partial charge in [0, 0.05) is 302 Å². The van der Waals surface area contributed by atoms with Crippen molar-refractivity contribution in [1.82, 2.24) is 116 Å². The number of anilines is 1. The van der Waals surface area contributed by atoms with Gasteiger partial charge in [-0.25, -0.2) is 59.5 Å². The molecule has 6 aliphatic rings. The number of sulfonamides is 2. The molecule has 1 N–H and O–H groups in total. The lowest BCUT2D eigenvalue weighted by Gasteiger charge is -2.34. The first-order valence-corrected chi connectivity index (χ1v) is 56.6. The van der Waals surface area contributed by atoms with Crippen molar-refractivity contribution in [3.8, 4) is 56.3 Å². The summed E-state index contributed by atoms with van der Waals surface area (Å²) in [7, 11) is -5.92. The van der Waals surface area contributed by atoms with E-state index in [0.29, 0.717) is 137 Å². The molecule has 784 valence electrons. The zero-order chi connectivity index (χ0) is 106. The number of piperazine rings is 5. The Morgan fingerprint density at radius 3 is 1.09 bits per heavy atom. The van der Waals surface area contributed by atoms with Gasteiger partial charge in [0.25, 0.3) is 0 Å². The van der Waals surface area contributed by atoms with Crippen LogP contribution < -0.4 is 9.62 Å². The number of halogens is 7. The first-order chi connectivity index (χ1) is 71.3. The minimum Gasteiger partial charge on any atom is -0.340 e. The Hall–Kier alpha value is -11.4. The number of sulfone groups is 1. The van der Waals surface area contributed by atoms with Crippen LogP contribution in [0.25, 0.3) is 84.5 Å². The maximum Gasteiger partial charge on any atom is 0.244 e. The molecule has 149 heavy (non-hydrogen) atoms. The smallest absolute Gasteiger partial charge is 0.244 e. The average molecular weight is 2220 g/mol. The number of rotatable bonds is 22. The molecule has 10 aromatic heterocycles. The lowest BCUT2D eigenvalue weighted by atomic mass is 10.1. The number of carbonyl (C=O) groups is 4. The highest BCUT2D eigenvalue weighted by molar-refractivity contribution is 7.92. The topological polar surface area (TPSA) is 344 Å². The Morgan fingerprint density at radius 2 is 0.711 bits per heavy atom. The lowest BCUT2D eigenvalue weighted by Crippen LogP contribution is -2.47. The van der Waals surface area contributed by atoms with E-state index in [1.807, 2.05) is 128 Å². The van der Waals surface area contributed by atoms with Crippen LogP contribution in [0.4, 0.5) is 5.82 Å². The van der Waals surface area contributed by atoms with Crippen molar-refractivity contribution in [2.75, 3.05) is 168 Å². The number of benzene rings is 5. The summed E-state index contributed by atoms with van der Waals surface area (Å²) in [6.07, 6.45) is 19.7. The Labute approximate surface area is 900 Å². The quantitative estimate of drug-likeness (QED) is 0.0658.